The van der Waals surface area contributed by atoms with E-state index in [-0.39, 0.29) is 19.4 Å². The summed E-state index contributed by atoms with van der Waals surface area (Å²) in [5.41, 5.74) is 4.63. The molecule has 0 aromatic rings. The Kier molecular flexibility index (Phi) is 5.20. The average molecular weight is 282 g/mol. The summed E-state index contributed by atoms with van der Waals surface area (Å²) in [5.74, 6) is -1.82. The lowest BCUT2D eigenvalue weighted by Crippen LogP contribution is -2.49. The fourth-order valence-electron chi connectivity index (χ4n) is 2.25. The Morgan fingerprint density at radius 1 is 1.47 bits per heavy atom. The van der Waals surface area contributed by atoms with Gasteiger partial charge in [0.2, 0.25) is 0 Å². The van der Waals surface area contributed by atoms with E-state index in [4.69, 9.17) is 5.73 Å². The molecule has 0 aromatic heterocycles. The Morgan fingerprint density at radius 3 is 2.63 bits per heavy atom. The van der Waals surface area contributed by atoms with Gasteiger partial charge in [-0.05, 0) is 32.7 Å². The summed E-state index contributed by atoms with van der Waals surface area (Å²) in [6.07, 6.45) is -3.17. The maximum absolute atomic E-state index is 12.6. The van der Waals surface area contributed by atoms with Crippen LogP contribution in [0.4, 0.5) is 13.2 Å². The molecule has 0 bridgehead atoms. The number of likely N-dealkylation sites (tertiary alicyclic amines) is 1. The standard InChI is InChI=1S/C12H21F3N2O2/c1-11(16,10(18)19-2)5-7-17-6-3-4-9(8-17)12(13,14)15/h9H,3-8,16H2,1-2H3. The molecule has 0 amide bonds. The van der Waals surface area contributed by atoms with Crippen molar-refractivity contribution in [2.75, 3.05) is 26.7 Å². The first-order chi connectivity index (χ1) is 8.66. The molecule has 2 atom stereocenters. The monoisotopic (exact) mass is 282 g/mol. The van der Waals surface area contributed by atoms with Crippen molar-refractivity contribution in [3.05, 3.63) is 0 Å². The van der Waals surface area contributed by atoms with E-state index in [2.05, 4.69) is 4.74 Å². The summed E-state index contributed by atoms with van der Waals surface area (Å²) in [7, 11) is 1.24. The van der Waals surface area contributed by atoms with Crippen molar-refractivity contribution in [3.63, 3.8) is 0 Å². The van der Waals surface area contributed by atoms with Gasteiger partial charge in [0, 0.05) is 13.1 Å². The summed E-state index contributed by atoms with van der Waals surface area (Å²) in [6.45, 7) is 2.50. The Labute approximate surface area is 111 Å². The molecule has 2 N–H and O–H groups in total. The highest BCUT2D eigenvalue weighted by molar-refractivity contribution is 5.79. The van der Waals surface area contributed by atoms with Gasteiger partial charge >= 0.3 is 12.1 Å². The first-order valence-corrected chi connectivity index (χ1v) is 6.33. The number of carbonyl (C=O) groups is 1. The first-order valence-electron chi connectivity index (χ1n) is 6.33. The summed E-state index contributed by atoms with van der Waals surface area (Å²) in [6, 6.07) is 0. The second-order valence-corrected chi connectivity index (χ2v) is 5.34. The highest BCUT2D eigenvalue weighted by Gasteiger charge is 2.42. The van der Waals surface area contributed by atoms with Crippen LogP contribution >= 0.6 is 0 Å². The fourth-order valence-corrected chi connectivity index (χ4v) is 2.25. The molecular formula is C12H21F3N2O2. The second kappa shape index (κ2) is 6.09. The molecule has 0 aliphatic carbocycles. The molecular weight excluding hydrogens is 261 g/mol. The number of halogens is 3. The molecule has 0 radical (unpaired) electrons. The zero-order chi connectivity index (χ0) is 14.7. The Hall–Kier alpha value is -0.820. The van der Waals surface area contributed by atoms with E-state index < -0.39 is 23.6 Å². The smallest absolute Gasteiger partial charge is 0.393 e. The number of carbonyl (C=O) groups excluding carboxylic acids is 1. The number of nitrogens with two attached hydrogens (primary N) is 1. The number of methoxy groups -OCH3 is 1. The lowest BCUT2D eigenvalue weighted by atomic mass is 9.95. The summed E-state index contributed by atoms with van der Waals surface area (Å²) in [5, 5.41) is 0. The van der Waals surface area contributed by atoms with Gasteiger partial charge in [0.25, 0.3) is 0 Å². The van der Waals surface area contributed by atoms with Crippen molar-refractivity contribution >= 4 is 5.97 Å². The van der Waals surface area contributed by atoms with Crippen LogP contribution in [0.25, 0.3) is 0 Å². The molecule has 0 saturated carbocycles. The minimum absolute atomic E-state index is 0.0131. The predicted octanol–water partition coefficient (Wildman–Crippen LogP) is 1.54. The normalized spacial score (nSPS) is 24.8. The highest BCUT2D eigenvalue weighted by Crippen LogP contribution is 2.33. The number of hydrogen-bond donors (Lipinski definition) is 1. The van der Waals surface area contributed by atoms with Crippen LogP contribution < -0.4 is 5.73 Å². The molecule has 7 heteroatoms. The minimum Gasteiger partial charge on any atom is -0.468 e. The third kappa shape index (κ3) is 4.65. The van der Waals surface area contributed by atoms with Crippen molar-refractivity contribution in [1.29, 1.82) is 0 Å². The van der Waals surface area contributed by atoms with Crippen LogP contribution in [0.3, 0.4) is 0 Å². The van der Waals surface area contributed by atoms with Gasteiger partial charge in [0.1, 0.15) is 5.54 Å². The third-order valence-corrected chi connectivity index (χ3v) is 3.57. The molecule has 0 spiro atoms. The molecule has 1 heterocycles. The molecule has 112 valence electrons. The molecule has 1 aliphatic rings. The second-order valence-electron chi connectivity index (χ2n) is 5.34. The summed E-state index contributed by atoms with van der Waals surface area (Å²) >= 11 is 0. The van der Waals surface area contributed by atoms with Crippen LogP contribution in [0, 0.1) is 5.92 Å². The number of nitrogens with zero attached hydrogens (tertiary/aromatic N) is 1. The van der Waals surface area contributed by atoms with Crippen molar-refractivity contribution in [2.45, 2.75) is 37.9 Å². The number of ether oxygens (including phenoxy) is 1. The van der Waals surface area contributed by atoms with E-state index in [1.54, 1.807) is 4.90 Å². The van der Waals surface area contributed by atoms with Crippen LogP contribution in [-0.2, 0) is 9.53 Å². The van der Waals surface area contributed by atoms with Crippen molar-refractivity contribution < 1.29 is 22.7 Å². The number of rotatable bonds is 4. The van der Waals surface area contributed by atoms with Crippen molar-refractivity contribution in [3.8, 4) is 0 Å². The van der Waals surface area contributed by atoms with Gasteiger partial charge in [-0.2, -0.15) is 13.2 Å². The zero-order valence-corrected chi connectivity index (χ0v) is 11.3. The SMILES string of the molecule is COC(=O)C(C)(N)CCN1CCCC(C(F)(F)F)C1. The molecule has 1 rings (SSSR count). The van der Waals surface area contributed by atoms with Gasteiger partial charge in [0.15, 0.2) is 0 Å². The Bertz CT molecular complexity index is 319. The molecule has 0 aromatic carbocycles. The maximum Gasteiger partial charge on any atom is 0.393 e. The van der Waals surface area contributed by atoms with Crippen LogP contribution in [-0.4, -0.2) is 49.3 Å². The minimum atomic E-state index is -4.15. The van der Waals surface area contributed by atoms with E-state index in [9.17, 15) is 18.0 Å². The van der Waals surface area contributed by atoms with E-state index in [1.807, 2.05) is 0 Å². The number of piperidine rings is 1. The molecule has 4 nitrogen and oxygen atoms in total. The quantitative estimate of drug-likeness (QED) is 0.795. The maximum atomic E-state index is 12.6. The van der Waals surface area contributed by atoms with E-state index >= 15 is 0 Å². The van der Waals surface area contributed by atoms with Gasteiger partial charge < -0.3 is 15.4 Å². The van der Waals surface area contributed by atoms with E-state index in [0.29, 0.717) is 19.5 Å². The van der Waals surface area contributed by atoms with Gasteiger partial charge in [-0.1, -0.05) is 0 Å². The summed E-state index contributed by atoms with van der Waals surface area (Å²) in [4.78, 5) is 13.1. The third-order valence-electron chi connectivity index (χ3n) is 3.57. The van der Waals surface area contributed by atoms with Crippen molar-refractivity contribution in [2.24, 2.45) is 11.7 Å². The van der Waals surface area contributed by atoms with Crippen LogP contribution in [0.2, 0.25) is 0 Å². The van der Waals surface area contributed by atoms with Crippen molar-refractivity contribution in [1.82, 2.24) is 4.90 Å². The predicted molar refractivity (Wildman–Crippen MR) is 64.4 cm³/mol. The molecule has 1 aliphatic heterocycles. The number of hydrogen-bond acceptors (Lipinski definition) is 4. The van der Waals surface area contributed by atoms with Gasteiger partial charge in [-0.3, -0.25) is 4.79 Å². The lowest BCUT2D eigenvalue weighted by molar-refractivity contribution is -0.186. The first kappa shape index (κ1) is 16.2. The van der Waals surface area contributed by atoms with E-state index in [1.165, 1.54) is 14.0 Å². The van der Waals surface area contributed by atoms with Crippen LogP contribution in [0.5, 0.6) is 0 Å². The largest absolute Gasteiger partial charge is 0.468 e. The fraction of sp³-hybridized carbons (Fsp3) is 0.917. The van der Waals surface area contributed by atoms with Gasteiger partial charge in [0.05, 0.1) is 13.0 Å². The number of alkyl halides is 3. The molecule has 19 heavy (non-hydrogen) atoms. The van der Waals surface area contributed by atoms with Crippen LogP contribution in [0.15, 0.2) is 0 Å². The van der Waals surface area contributed by atoms with Gasteiger partial charge in [-0.15, -0.1) is 0 Å². The molecule has 2 unspecified atom stereocenters. The van der Waals surface area contributed by atoms with Gasteiger partial charge in [-0.25, -0.2) is 0 Å². The summed E-state index contributed by atoms with van der Waals surface area (Å²) < 4.78 is 42.5. The molecule has 1 saturated heterocycles. The topological polar surface area (TPSA) is 55.6 Å². The average Bonchev–Trinajstić information content (AvgIpc) is 2.35. The Balaban J connectivity index is 2.48. The van der Waals surface area contributed by atoms with Crippen LogP contribution in [0.1, 0.15) is 26.2 Å². The van der Waals surface area contributed by atoms with E-state index in [0.717, 1.165) is 0 Å². The highest BCUT2D eigenvalue weighted by atomic mass is 19.4. The lowest BCUT2D eigenvalue weighted by Gasteiger charge is -2.35. The number of esters is 1. The molecule has 1 fully saturated rings. The zero-order valence-electron chi connectivity index (χ0n) is 11.3. The Morgan fingerprint density at radius 2 is 2.11 bits per heavy atom.